The number of aromatic nitrogens is 5. The van der Waals surface area contributed by atoms with E-state index in [1.807, 2.05) is 4.57 Å². The van der Waals surface area contributed by atoms with Crippen LogP contribution in [0.25, 0.3) is 11.4 Å². The highest BCUT2D eigenvalue weighted by atomic mass is 32.2. The molecule has 0 aliphatic heterocycles. The van der Waals surface area contributed by atoms with Crippen molar-refractivity contribution in [3.8, 4) is 11.4 Å². The number of rotatable bonds is 6. The van der Waals surface area contributed by atoms with Crippen LogP contribution in [0.5, 0.6) is 0 Å². The van der Waals surface area contributed by atoms with Crippen LogP contribution in [0, 0.1) is 12.7 Å². The quantitative estimate of drug-likeness (QED) is 0.662. The minimum absolute atomic E-state index is 0.0591. The fraction of sp³-hybridized carbons (Fsp3) is 0.312. The Labute approximate surface area is 152 Å². The van der Waals surface area contributed by atoms with Gasteiger partial charge in [-0.15, -0.1) is 10.2 Å². The number of aryl methyl sites for hydroxylation is 1. The molecule has 1 amide bonds. The number of nitrogens with one attached hydrogen (secondary N) is 1. The van der Waals surface area contributed by atoms with Crippen molar-refractivity contribution in [1.82, 2.24) is 24.9 Å². The van der Waals surface area contributed by atoms with E-state index in [2.05, 4.69) is 25.7 Å². The maximum absolute atomic E-state index is 14.1. The van der Waals surface area contributed by atoms with Crippen LogP contribution in [-0.4, -0.2) is 36.6 Å². The first-order chi connectivity index (χ1) is 12.6. The van der Waals surface area contributed by atoms with Gasteiger partial charge in [-0.2, -0.15) is 4.98 Å². The molecular weight excluding hydrogens is 359 g/mol. The van der Waals surface area contributed by atoms with Crippen LogP contribution >= 0.6 is 11.8 Å². The van der Waals surface area contributed by atoms with Gasteiger partial charge in [-0.05, 0) is 31.9 Å². The Kier molecular flexibility index (Phi) is 4.41. The largest absolute Gasteiger partial charge is 0.328 e. The fourth-order valence-corrected chi connectivity index (χ4v) is 3.30. The molecule has 1 fully saturated rings. The summed E-state index contributed by atoms with van der Waals surface area (Å²) in [5.74, 6) is 0.389. The van der Waals surface area contributed by atoms with E-state index in [1.54, 1.807) is 25.1 Å². The molecule has 1 N–H and O–H groups in total. The molecule has 1 aliphatic rings. The topological polar surface area (TPSA) is 98.7 Å². The highest BCUT2D eigenvalue weighted by Gasteiger charge is 2.31. The molecule has 1 saturated carbocycles. The van der Waals surface area contributed by atoms with E-state index >= 15 is 0 Å². The predicted molar refractivity (Wildman–Crippen MR) is 92.1 cm³/mol. The summed E-state index contributed by atoms with van der Waals surface area (Å²) in [6.07, 6.45) is 1.97. The first kappa shape index (κ1) is 16.7. The van der Waals surface area contributed by atoms with Crippen molar-refractivity contribution in [1.29, 1.82) is 0 Å². The monoisotopic (exact) mass is 374 g/mol. The molecule has 10 heteroatoms. The molecule has 134 valence electrons. The van der Waals surface area contributed by atoms with Crippen molar-refractivity contribution in [3.05, 3.63) is 35.9 Å². The molecule has 0 saturated heterocycles. The zero-order valence-corrected chi connectivity index (χ0v) is 14.7. The molecule has 0 unspecified atom stereocenters. The van der Waals surface area contributed by atoms with Gasteiger partial charge in [-0.25, -0.2) is 4.39 Å². The Bertz CT molecular complexity index is 952. The molecule has 4 rings (SSSR count). The lowest BCUT2D eigenvalue weighted by Gasteiger charge is -2.09. The van der Waals surface area contributed by atoms with Gasteiger partial charge in [-0.1, -0.05) is 29.1 Å². The van der Waals surface area contributed by atoms with Crippen LogP contribution in [0.3, 0.4) is 0 Å². The minimum Gasteiger partial charge on any atom is -0.315 e. The van der Waals surface area contributed by atoms with Gasteiger partial charge in [0.1, 0.15) is 5.82 Å². The molecule has 0 radical (unpaired) electrons. The Morgan fingerprint density at radius 1 is 1.38 bits per heavy atom. The molecule has 8 nitrogen and oxygen atoms in total. The van der Waals surface area contributed by atoms with Gasteiger partial charge >= 0.3 is 6.01 Å². The summed E-state index contributed by atoms with van der Waals surface area (Å²) >= 11 is 1.24. The van der Waals surface area contributed by atoms with E-state index in [1.165, 1.54) is 17.8 Å². The third kappa shape index (κ3) is 3.45. The Hall–Kier alpha value is -2.75. The molecule has 0 spiro atoms. The lowest BCUT2D eigenvalue weighted by atomic mass is 10.2. The second-order valence-electron chi connectivity index (χ2n) is 5.87. The van der Waals surface area contributed by atoms with E-state index in [0.29, 0.717) is 22.4 Å². The van der Waals surface area contributed by atoms with Gasteiger partial charge in [0.25, 0.3) is 0 Å². The standard InChI is InChI=1S/C16H15FN6O2S/c1-9-18-15(25-22-9)19-13(24)8-26-16-21-20-14(23(16)10-6-7-10)11-4-2-3-5-12(11)17/h2-5,10H,6-8H2,1H3,(H,18,19,22,24). The van der Waals surface area contributed by atoms with Crippen LogP contribution in [0.2, 0.25) is 0 Å². The van der Waals surface area contributed by atoms with E-state index in [-0.39, 0.29) is 29.5 Å². The van der Waals surface area contributed by atoms with Gasteiger partial charge in [-0.3, -0.25) is 14.7 Å². The zero-order valence-electron chi connectivity index (χ0n) is 13.8. The van der Waals surface area contributed by atoms with E-state index < -0.39 is 0 Å². The van der Waals surface area contributed by atoms with E-state index in [0.717, 1.165) is 12.8 Å². The van der Waals surface area contributed by atoms with Crippen LogP contribution in [0.1, 0.15) is 24.7 Å². The second kappa shape index (κ2) is 6.87. The normalized spacial score (nSPS) is 13.8. The van der Waals surface area contributed by atoms with Crippen molar-refractivity contribution in [2.75, 3.05) is 11.1 Å². The number of nitrogens with zero attached hydrogens (tertiary/aromatic N) is 5. The summed E-state index contributed by atoms with van der Waals surface area (Å²) in [4.78, 5) is 16.0. The molecule has 2 heterocycles. The summed E-state index contributed by atoms with van der Waals surface area (Å²) < 4.78 is 20.9. The number of hydrogen-bond acceptors (Lipinski definition) is 7. The van der Waals surface area contributed by atoms with E-state index in [4.69, 9.17) is 4.52 Å². The molecule has 3 aromatic rings. The van der Waals surface area contributed by atoms with Gasteiger partial charge < -0.3 is 4.52 Å². The lowest BCUT2D eigenvalue weighted by Crippen LogP contribution is -2.15. The Balaban J connectivity index is 1.50. The number of benzene rings is 1. The zero-order chi connectivity index (χ0) is 18.1. The Morgan fingerprint density at radius 2 is 2.19 bits per heavy atom. The summed E-state index contributed by atoms with van der Waals surface area (Å²) in [5.41, 5.74) is 0.407. The highest BCUT2D eigenvalue weighted by Crippen LogP contribution is 2.41. The number of amides is 1. The summed E-state index contributed by atoms with van der Waals surface area (Å²) in [5, 5.41) is 15.0. The summed E-state index contributed by atoms with van der Waals surface area (Å²) in [6.45, 7) is 1.66. The van der Waals surface area contributed by atoms with Crippen molar-refractivity contribution in [2.24, 2.45) is 0 Å². The number of anilines is 1. The molecule has 0 atom stereocenters. The Morgan fingerprint density at radius 3 is 2.88 bits per heavy atom. The van der Waals surface area contributed by atoms with Crippen LogP contribution in [0.15, 0.2) is 33.9 Å². The highest BCUT2D eigenvalue weighted by molar-refractivity contribution is 7.99. The van der Waals surface area contributed by atoms with Crippen molar-refractivity contribution in [3.63, 3.8) is 0 Å². The second-order valence-corrected chi connectivity index (χ2v) is 6.81. The fourth-order valence-electron chi connectivity index (χ4n) is 2.50. The van der Waals surface area contributed by atoms with E-state index in [9.17, 15) is 9.18 Å². The molecule has 26 heavy (non-hydrogen) atoms. The molecule has 1 aliphatic carbocycles. The molecule has 2 aromatic heterocycles. The van der Waals surface area contributed by atoms with Crippen molar-refractivity contribution >= 4 is 23.7 Å². The minimum atomic E-state index is -0.345. The summed E-state index contributed by atoms with van der Waals surface area (Å²) in [7, 11) is 0. The summed E-state index contributed by atoms with van der Waals surface area (Å²) in [6, 6.07) is 6.77. The van der Waals surface area contributed by atoms with Crippen molar-refractivity contribution in [2.45, 2.75) is 31.0 Å². The lowest BCUT2D eigenvalue weighted by molar-refractivity contribution is -0.114. The first-order valence-corrected chi connectivity index (χ1v) is 9.03. The van der Waals surface area contributed by atoms with Gasteiger partial charge in [0.2, 0.25) is 5.91 Å². The molecule has 0 bridgehead atoms. The first-order valence-electron chi connectivity index (χ1n) is 8.04. The maximum Gasteiger partial charge on any atom is 0.328 e. The number of carbonyl (C=O) groups is 1. The third-order valence-corrected chi connectivity index (χ3v) is 4.74. The molecular formula is C16H15FN6O2S. The predicted octanol–water partition coefficient (Wildman–Crippen LogP) is 2.84. The average molecular weight is 374 g/mol. The average Bonchev–Trinajstić information content (AvgIpc) is 3.25. The van der Waals surface area contributed by atoms with Crippen LogP contribution < -0.4 is 5.32 Å². The maximum atomic E-state index is 14.1. The number of carbonyl (C=O) groups excluding carboxylic acids is 1. The van der Waals surface area contributed by atoms with Gasteiger partial charge in [0.15, 0.2) is 16.8 Å². The van der Waals surface area contributed by atoms with Gasteiger partial charge in [0, 0.05) is 6.04 Å². The SMILES string of the molecule is Cc1noc(NC(=O)CSc2nnc(-c3ccccc3F)n2C2CC2)n1. The van der Waals surface area contributed by atoms with Crippen molar-refractivity contribution < 1.29 is 13.7 Å². The third-order valence-electron chi connectivity index (χ3n) is 3.80. The van der Waals surface area contributed by atoms with Crippen LogP contribution in [-0.2, 0) is 4.79 Å². The van der Waals surface area contributed by atoms with Crippen LogP contribution in [0.4, 0.5) is 10.4 Å². The number of halogens is 1. The van der Waals surface area contributed by atoms with Gasteiger partial charge in [0.05, 0.1) is 11.3 Å². The number of thioether (sulfide) groups is 1. The molecule has 1 aromatic carbocycles. The smallest absolute Gasteiger partial charge is 0.315 e. The number of hydrogen-bond donors (Lipinski definition) is 1.